The van der Waals surface area contributed by atoms with Crippen molar-refractivity contribution < 1.29 is 19.1 Å². The van der Waals surface area contributed by atoms with E-state index in [0.29, 0.717) is 49.9 Å². The third-order valence-electron chi connectivity index (χ3n) is 2.63. The lowest BCUT2D eigenvalue weighted by Gasteiger charge is -2.08. The van der Waals surface area contributed by atoms with Crippen molar-refractivity contribution in [1.29, 1.82) is 0 Å². The first-order valence-corrected chi connectivity index (χ1v) is 7.56. The van der Waals surface area contributed by atoms with Crippen LogP contribution in [0.2, 0.25) is 5.02 Å². The number of nitrogens with one attached hydrogen (secondary N) is 2. The molecule has 2 amide bonds. The number of para-hydroxylation sites is 1. The average molecular weight is 329 g/mol. The number of benzene rings is 1. The molecule has 0 aliphatic rings. The van der Waals surface area contributed by atoms with Gasteiger partial charge in [-0.3, -0.25) is 4.79 Å². The Morgan fingerprint density at radius 1 is 1.18 bits per heavy atom. The van der Waals surface area contributed by atoms with E-state index >= 15 is 0 Å². The Hall–Kier alpha value is -1.95. The van der Waals surface area contributed by atoms with Gasteiger partial charge in [-0.25, -0.2) is 4.79 Å². The van der Waals surface area contributed by atoms with E-state index in [1.807, 2.05) is 12.1 Å². The molecule has 1 rings (SSSR count). The molecule has 0 aromatic heterocycles. The average Bonchev–Trinajstić information content (AvgIpc) is 2.50. The summed E-state index contributed by atoms with van der Waals surface area (Å²) in [6.45, 7) is 3.16. The molecular formula is C15H21ClN2O4. The zero-order valence-corrected chi connectivity index (χ0v) is 13.3. The van der Waals surface area contributed by atoms with Crippen LogP contribution < -0.4 is 15.4 Å². The molecule has 0 atom stereocenters. The first kappa shape index (κ1) is 18.1. The minimum atomic E-state index is -0.482. The SMILES string of the molecule is CCOC(=O)NCCNC(=O)CCCOc1ccccc1Cl. The molecule has 6 nitrogen and oxygen atoms in total. The molecule has 22 heavy (non-hydrogen) atoms. The van der Waals surface area contributed by atoms with Gasteiger partial charge in [0.2, 0.25) is 5.91 Å². The van der Waals surface area contributed by atoms with E-state index in [1.165, 1.54) is 0 Å². The summed E-state index contributed by atoms with van der Waals surface area (Å²) in [6, 6.07) is 7.20. The zero-order chi connectivity index (χ0) is 16.2. The van der Waals surface area contributed by atoms with Gasteiger partial charge >= 0.3 is 6.09 Å². The Morgan fingerprint density at radius 3 is 2.64 bits per heavy atom. The Balaban J connectivity index is 2.04. The molecule has 0 aliphatic carbocycles. The standard InChI is InChI=1S/C15H21ClN2O4/c1-2-21-15(20)18-10-9-17-14(19)8-5-11-22-13-7-4-3-6-12(13)16/h3-4,6-7H,2,5,8-11H2,1H3,(H,17,19)(H,18,20). The van der Waals surface area contributed by atoms with E-state index in [9.17, 15) is 9.59 Å². The number of hydrogen-bond donors (Lipinski definition) is 2. The summed E-state index contributed by atoms with van der Waals surface area (Å²) in [4.78, 5) is 22.5. The summed E-state index contributed by atoms with van der Waals surface area (Å²) >= 11 is 5.95. The maximum atomic E-state index is 11.6. The van der Waals surface area contributed by atoms with Crippen LogP contribution in [0, 0.1) is 0 Å². The van der Waals surface area contributed by atoms with Crippen LogP contribution in [0.1, 0.15) is 19.8 Å². The van der Waals surface area contributed by atoms with Crippen molar-refractivity contribution in [2.24, 2.45) is 0 Å². The molecule has 1 aromatic carbocycles. The second-order valence-electron chi connectivity index (χ2n) is 4.38. The molecule has 7 heteroatoms. The number of halogens is 1. The van der Waals surface area contributed by atoms with E-state index < -0.39 is 6.09 Å². The minimum Gasteiger partial charge on any atom is -0.492 e. The molecule has 0 aliphatic heterocycles. The van der Waals surface area contributed by atoms with Crippen LogP contribution in [-0.4, -0.2) is 38.3 Å². The molecule has 0 unspecified atom stereocenters. The number of ether oxygens (including phenoxy) is 2. The third kappa shape index (κ3) is 7.73. The van der Waals surface area contributed by atoms with Crippen LogP contribution >= 0.6 is 11.6 Å². The van der Waals surface area contributed by atoms with Gasteiger partial charge in [-0.2, -0.15) is 0 Å². The van der Waals surface area contributed by atoms with E-state index in [4.69, 9.17) is 16.3 Å². The number of hydrogen-bond acceptors (Lipinski definition) is 4. The maximum Gasteiger partial charge on any atom is 0.407 e. The molecule has 0 saturated carbocycles. The first-order chi connectivity index (χ1) is 10.6. The predicted octanol–water partition coefficient (Wildman–Crippen LogP) is 2.36. The van der Waals surface area contributed by atoms with Gasteiger partial charge in [-0.05, 0) is 25.5 Å². The maximum absolute atomic E-state index is 11.6. The van der Waals surface area contributed by atoms with Gasteiger partial charge in [-0.1, -0.05) is 23.7 Å². The Labute approximate surface area is 135 Å². The molecule has 122 valence electrons. The van der Waals surface area contributed by atoms with E-state index in [1.54, 1.807) is 19.1 Å². The van der Waals surface area contributed by atoms with Crippen molar-refractivity contribution in [3.63, 3.8) is 0 Å². The van der Waals surface area contributed by atoms with E-state index in [2.05, 4.69) is 15.4 Å². The van der Waals surface area contributed by atoms with Crippen molar-refractivity contribution in [1.82, 2.24) is 10.6 Å². The lowest BCUT2D eigenvalue weighted by Crippen LogP contribution is -2.35. The molecule has 1 aromatic rings. The van der Waals surface area contributed by atoms with Crippen molar-refractivity contribution in [3.05, 3.63) is 29.3 Å². The summed E-state index contributed by atoms with van der Waals surface area (Å²) < 4.78 is 10.2. The highest BCUT2D eigenvalue weighted by Gasteiger charge is 2.04. The highest BCUT2D eigenvalue weighted by molar-refractivity contribution is 6.32. The molecule has 0 spiro atoms. The largest absolute Gasteiger partial charge is 0.492 e. The van der Waals surface area contributed by atoms with Crippen molar-refractivity contribution in [2.75, 3.05) is 26.3 Å². The van der Waals surface area contributed by atoms with E-state index in [0.717, 1.165) is 0 Å². The second kappa shape index (κ2) is 10.7. The molecule has 0 heterocycles. The fourth-order valence-electron chi connectivity index (χ4n) is 1.61. The third-order valence-corrected chi connectivity index (χ3v) is 2.95. The summed E-state index contributed by atoms with van der Waals surface area (Å²) in [7, 11) is 0. The Kier molecular flexibility index (Phi) is 8.83. The van der Waals surface area contributed by atoms with Crippen LogP contribution in [0.3, 0.4) is 0 Å². The van der Waals surface area contributed by atoms with Crippen molar-refractivity contribution in [3.8, 4) is 5.75 Å². The number of rotatable bonds is 9. The summed E-state index contributed by atoms with van der Waals surface area (Å²) in [5, 5.41) is 5.77. The van der Waals surface area contributed by atoms with Crippen LogP contribution in [0.4, 0.5) is 4.79 Å². The number of alkyl carbamates (subject to hydrolysis) is 1. The highest BCUT2D eigenvalue weighted by Crippen LogP contribution is 2.23. The van der Waals surface area contributed by atoms with E-state index in [-0.39, 0.29) is 5.91 Å². The van der Waals surface area contributed by atoms with Crippen molar-refractivity contribution in [2.45, 2.75) is 19.8 Å². The van der Waals surface area contributed by atoms with Gasteiger partial charge in [0, 0.05) is 19.5 Å². The smallest absolute Gasteiger partial charge is 0.407 e. The molecule has 0 bridgehead atoms. The van der Waals surface area contributed by atoms with Crippen molar-refractivity contribution >= 4 is 23.6 Å². The van der Waals surface area contributed by atoms with Gasteiger partial charge in [0.1, 0.15) is 5.75 Å². The van der Waals surface area contributed by atoms with Crippen LogP contribution in [-0.2, 0) is 9.53 Å². The van der Waals surface area contributed by atoms with Crippen LogP contribution in [0.25, 0.3) is 0 Å². The summed E-state index contributed by atoms with van der Waals surface area (Å²) in [5.41, 5.74) is 0. The summed E-state index contributed by atoms with van der Waals surface area (Å²) in [6.07, 6.45) is 0.455. The second-order valence-corrected chi connectivity index (χ2v) is 4.79. The topological polar surface area (TPSA) is 76.7 Å². The molecular weight excluding hydrogens is 308 g/mol. The van der Waals surface area contributed by atoms with Crippen LogP contribution in [0.5, 0.6) is 5.75 Å². The number of carbonyl (C=O) groups excluding carboxylic acids is 2. The summed E-state index contributed by atoms with van der Waals surface area (Å²) in [5.74, 6) is 0.525. The Bertz CT molecular complexity index is 482. The molecule has 0 radical (unpaired) electrons. The minimum absolute atomic E-state index is 0.0894. The zero-order valence-electron chi connectivity index (χ0n) is 12.6. The monoisotopic (exact) mass is 328 g/mol. The molecule has 2 N–H and O–H groups in total. The van der Waals surface area contributed by atoms with Crippen LogP contribution in [0.15, 0.2) is 24.3 Å². The fourth-order valence-corrected chi connectivity index (χ4v) is 1.80. The van der Waals surface area contributed by atoms with Gasteiger partial charge in [0.15, 0.2) is 0 Å². The first-order valence-electron chi connectivity index (χ1n) is 7.18. The van der Waals surface area contributed by atoms with Gasteiger partial charge in [-0.15, -0.1) is 0 Å². The van der Waals surface area contributed by atoms with Gasteiger partial charge in [0.05, 0.1) is 18.2 Å². The number of amides is 2. The lowest BCUT2D eigenvalue weighted by atomic mass is 10.3. The fraction of sp³-hybridized carbons (Fsp3) is 0.467. The van der Waals surface area contributed by atoms with Gasteiger partial charge in [0.25, 0.3) is 0 Å². The Morgan fingerprint density at radius 2 is 1.91 bits per heavy atom. The highest BCUT2D eigenvalue weighted by atomic mass is 35.5. The number of carbonyl (C=O) groups is 2. The molecule has 0 fully saturated rings. The molecule has 0 saturated heterocycles. The normalized spacial score (nSPS) is 9.91. The quantitative estimate of drug-likeness (QED) is 0.682. The predicted molar refractivity (Wildman–Crippen MR) is 84.2 cm³/mol. The van der Waals surface area contributed by atoms with Gasteiger partial charge < -0.3 is 20.1 Å². The lowest BCUT2D eigenvalue weighted by molar-refractivity contribution is -0.121.